The van der Waals surface area contributed by atoms with E-state index in [0.29, 0.717) is 24.6 Å². The van der Waals surface area contributed by atoms with Crippen molar-refractivity contribution in [3.63, 3.8) is 0 Å². The van der Waals surface area contributed by atoms with Gasteiger partial charge in [0.1, 0.15) is 6.61 Å². The second-order valence-electron chi connectivity index (χ2n) is 7.13. The molecule has 0 bridgehead atoms. The third-order valence-electron chi connectivity index (χ3n) is 4.46. The number of fused-ring (bicyclic) bond motifs is 3. The molecule has 8 heteroatoms. The summed E-state index contributed by atoms with van der Waals surface area (Å²) in [7, 11) is 0. The SMILES string of the molecule is CC[C@@H]1COc2c(ccc3c2ccc(=O)n3C(F)(F)F)N1CC(C)(C)O. The maximum absolute atomic E-state index is 13.3. The summed E-state index contributed by atoms with van der Waals surface area (Å²) in [6, 6.07) is 5.05. The molecule has 2 heterocycles. The van der Waals surface area contributed by atoms with Crippen LogP contribution < -0.4 is 15.2 Å². The van der Waals surface area contributed by atoms with Crippen molar-refractivity contribution in [2.45, 2.75) is 45.1 Å². The van der Waals surface area contributed by atoms with Crippen LogP contribution in [0.15, 0.2) is 29.1 Å². The highest BCUT2D eigenvalue weighted by Gasteiger charge is 2.36. The van der Waals surface area contributed by atoms with Crippen LogP contribution in [-0.4, -0.2) is 34.5 Å². The first kappa shape index (κ1) is 18.6. The highest BCUT2D eigenvalue weighted by molar-refractivity contribution is 5.92. The Morgan fingerprint density at radius 3 is 2.50 bits per heavy atom. The van der Waals surface area contributed by atoms with Gasteiger partial charge in [-0.25, -0.2) is 4.57 Å². The molecule has 0 unspecified atom stereocenters. The first-order valence-corrected chi connectivity index (χ1v) is 8.40. The molecule has 0 aliphatic carbocycles. The van der Waals surface area contributed by atoms with Crippen LogP contribution in [0.1, 0.15) is 27.2 Å². The van der Waals surface area contributed by atoms with Gasteiger partial charge in [0.15, 0.2) is 5.75 Å². The third kappa shape index (κ3) is 3.25. The monoisotopic (exact) mass is 370 g/mol. The van der Waals surface area contributed by atoms with Gasteiger partial charge in [0.2, 0.25) is 0 Å². The van der Waals surface area contributed by atoms with Crippen LogP contribution in [0.2, 0.25) is 0 Å². The van der Waals surface area contributed by atoms with Gasteiger partial charge in [-0.1, -0.05) is 6.92 Å². The van der Waals surface area contributed by atoms with Crippen molar-refractivity contribution in [1.29, 1.82) is 0 Å². The number of anilines is 1. The van der Waals surface area contributed by atoms with Gasteiger partial charge in [0, 0.05) is 18.0 Å². The minimum absolute atomic E-state index is 0.0000960. The van der Waals surface area contributed by atoms with E-state index in [4.69, 9.17) is 4.74 Å². The number of nitrogens with zero attached hydrogens (tertiary/aromatic N) is 2. The molecule has 0 radical (unpaired) electrons. The Bertz CT molecular complexity index is 884. The highest BCUT2D eigenvalue weighted by atomic mass is 19.4. The van der Waals surface area contributed by atoms with E-state index in [1.54, 1.807) is 13.8 Å². The molecule has 0 saturated carbocycles. The molecule has 2 aromatic rings. The maximum Gasteiger partial charge on any atom is 0.491 e. The van der Waals surface area contributed by atoms with Crippen molar-refractivity contribution in [3.05, 3.63) is 34.6 Å². The average Bonchev–Trinajstić information content (AvgIpc) is 2.51. The summed E-state index contributed by atoms with van der Waals surface area (Å²) in [5, 5.41) is 10.4. The molecule has 5 nitrogen and oxygen atoms in total. The number of alkyl halides is 3. The van der Waals surface area contributed by atoms with Crippen molar-refractivity contribution in [3.8, 4) is 5.75 Å². The van der Waals surface area contributed by atoms with Gasteiger partial charge in [0.05, 0.1) is 22.8 Å². The zero-order valence-corrected chi connectivity index (χ0v) is 14.8. The van der Waals surface area contributed by atoms with Gasteiger partial charge < -0.3 is 14.7 Å². The van der Waals surface area contributed by atoms with Crippen molar-refractivity contribution >= 4 is 16.6 Å². The van der Waals surface area contributed by atoms with Crippen LogP contribution in [0, 0.1) is 0 Å². The molecule has 1 aliphatic rings. The number of ether oxygens (including phenoxy) is 1. The molecule has 142 valence electrons. The molecule has 1 aromatic carbocycles. The zero-order chi connectivity index (χ0) is 19.3. The molecule has 0 spiro atoms. The Kier molecular flexibility index (Phi) is 4.42. The van der Waals surface area contributed by atoms with Crippen molar-refractivity contribution in [2.24, 2.45) is 0 Å². The molecule has 0 saturated heterocycles. The van der Waals surface area contributed by atoms with Crippen molar-refractivity contribution < 1.29 is 23.0 Å². The average molecular weight is 370 g/mol. The number of halogens is 3. The van der Waals surface area contributed by atoms with Gasteiger partial charge in [-0.2, -0.15) is 0 Å². The Morgan fingerprint density at radius 1 is 1.23 bits per heavy atom. The fourth-order valence-corrected chi connectivity index (χ4v) is 3.36. The maximum atomic E-state index is 13.3. The summed E-state index contributed by atoms with van der Waals surface area (Å²) in [6.07, 6.45) is -4.06. The van der Waals surface area contributed by atoms with Gasteiger partial charge >= 0.3 is 6.30 Å². The number of hydrogen-bond acceptors (Lipinski definition) is 4. The third-order valence-corrected chi connectivity index (χ3v) is 4.46. The van der Waals surface area contributed by atoms with E-state index < -0.39 is 17.5 Å². The molecule has 3 rings (SSSR count). The molecular formula is C18H21F3N2O3. The van der Waals surface area contributed by atoms with Crippen molar-refractivity contribution in [2.75, 3.05) is 18.1 Å². The Balaban J connectivity index is 2.23. The summed E-state index contributed by atoms with van der Waals surface area (Å²) in [6.45, 7) is 5.95. The molecule has 1 aliphatic heterocycles. The van der Waals surface area contributed by atoms with Gasteiger partial charge in [0.25, 0.3) is 5.56 Å². The predicted octanol–water partition coefficient (Wildman–Crippen LogP) is 3.23. The number of aromatic nitrogens is 1. The van der Waals surface area contributed by atoms with Crippen LogP contribution in [-0.2, 0) is 6.30 Å². The van der Waals surface area contributed by atoms with E-state index in [1.165, 1.54) is 18.2 Å². The molecule has 1 N–H and O–H groups in total. The standard InChI is InChI=1S/C18H21F3N2O3/c1-4-11-9-26-16-12-5-8-15(24)23(18(19,20)21)13(12)6-7-14(16)22(11)10-17(2,3)25/h5-8,11,25H,4,9-10H2,1-3H3/t11-/m1/s1. The second-order valence-corrected chi connectivity index (χ2v) is 7.13. The highest BCUT2D eigenvalue weighted by Crippen LogP contribution is 2.41. The van der Waals surface area contributed by atoms with E-state index in [1.807, 2.05) is 11.8 Å². The molecular weight excluding hydrogens is 349 g/mol. The molecule has 26 heavy (non-hydrogen) atoms. The fraction of sp³-hybridized carbons (Fsp3) is 0.500. The Morgan fingerprint density at radius 2 is 1.92 bits per heavy atom. The minimum atomic E-state index is -4.82. The molecule has 0 amide bonds. The van der Waals surface area contributed by atoms with Gasteiger partial charge in [-0.15, -0.1) is 13.2 Å². The number of benzene rings is 1. The van der Waals surface area contributed by atoms with Crippen molar-refractivity contribution in [1.82, 2.24) is 4.57 Å². The van der Waals surface area contributed by atoms with E-state index in [2.05, 4.69) is 0 Å². The first-order valence-electron chi connectivity index (χ1n) is 8.40. The number of pyridine rings is 1. The smallest absolute Gasteiger partial charge is 0.489 e. The summed E-state index contributed by atoms with van der Waals surface area (Å²) >= 11 is 0. The quantitative estimate of drug-likeness (QED) is 0.901. The Hall–Kier alpha value is -2.22. The van der Waals surface area contributed by atoms with E-state index >= 15 is 0 Å². The first-order chi connectivity index (χ1) is 12.0. The normalized spacial score (nSPS) is 18.0. The molecule has 0 fully saturated rings. The van der Waals surface area contributed by atoms with Crippen LogP contribution in [0.25, 0.3) is 10.9 Å². The van der Waals surface area contributed by atoms with E-state index in [-0.39, 0.29) is 21.5 Å². The topological polar surface area (TPSA) is 54.7 Å². The lowest BCUT2D eigenvalue weighted by Crippen LogP contribution is -2.49. The van der Waals surface area contributed by atoms with Crippen LogP contribution in [0.3, 0.4) is 0 Å². The van der Waals surface area contributed by atoms with Crippen LogP contribution in [0.5, 0.6) is 5.75 Å². The van der Waals surface area contributed by atoms with Crippen LogP contribution >= 0.6 is 0 Å². The Labute approximate surface area is 148 Å². The summed E-state index contributed by atoms with van der Waals surface area (Å²) in [5.74, 6) is 0.300. The van der Waals surface area contributed by atoms with Gasteiger partial charge in [-0.3, -0.25) is 4.79 Å². The molecule has 1 aromatic heterocycles. The molecule has 1 atom stereocenters. The lowest BCUT2D eigenvalue weighted by atomic mass is 10.0. The van der Waals surface area contributed by atoms with E-state index in [9.17, 15) is 23.1 Å². The lowest BCUT2D eigenvalue weighted by Gasteiger charge is -2.41. The van der Waals surface area contributed by atoms with Gasteiger partial charge in [-0.05, 0) is 38.5 Å². The number of β-amino-alcohol motifs (C(OH)–C–C–N with tert-alkyl or cyclic N) is 1. The largest absolute Gasteiger partial charge is 0.491 e. The minimum Gasteiger partial charge on any atom is -0.489 e. The van der Waals surface area contributed by atoms with E-state index in [0.717, 1.165) is 12.5 Å². The number of rotatable bonds is 3. The number of aliphatic hydroxyl groups is 1. The summed E-state index contributed by atoms with van der Waals surface area (Å²) < 4.78 is 45.5. The zero-order valence-electron chi connectivity index (χ0n) is 14.8. The summed E-state index contributed by atoms with van der Waals surface area (Å²) in [5.41, 5.74) is -1.76. The summed E-state index contributed by atoms with van der Waals surface area (Å²) in [4.78, 5) is 13.7. The predicted molar refractivity (Wildman–Crippen MR) is 92.7 cm³/mol. The van der Waals surface area contributed by atoms with Crippen LogP contribution in [0.4, 0.5) is 18.9 Å². The number of hydrogen-bond donors (Lipinski definition) is 1. The second kappa shape index (κ2) is 6.19. The lowest BCUT2D eigenvalue weighted by molar-refractivity contribution is -0.202. The fourth-order valence-electron chi connectivity index (χ4n) is 3.36.